The van der Waals surface area contributed by atoms with Gasteiger partial charge in [0.2, 0.25) is 0 Å². The van der Waals surface area contributed by atoms with E-state index in [2.05, 4.69) is 15.3 Å². The van der Waals surface area contributed by atoms with Gasteiger partial charge in [-0.3, -0.25) is 9.78 Å². The predicted molar refractivity (Wildman–Crippen MR) is 63.9 cm³/mol. The maximum absolute atomic E-state index is 10.8. The number of carbonyl (C=O) groups is 1. The third-order valence-electron chi connectivity index (χ3n) is 3.33. The minimum absolute atomic E-state index is 0.201. The molecule has 5 nitrogen and oxygen atoms in total. The maximum atomic E-state index is 10.8. The Balaban J connectivity index is 1.98. The van der Waals surface area contributed by atoms with Crippen molar-refractivity contribution in [1.82, 2.24) is 9.97 Å². The SMILES string of the molecule is Cc1ncc(NC2CCC(C(=O)O)C2)nc1C. The summed E-state index contributed by atoms with van der Waals surface area (Å²) >= 11 is 0. The zero-order valence-electron chi connectivity index (χ0n) is 10.1. The lowest BCUT2D eigenvalue weighted by atomic mass is 10.1. The van der Waals surface area contributed by atoms with Gasteiger partial charge in [-0.05, 0) is 33.1 Å². The van der Waals surface area contributed by atoms with Crippen LogP contribution in [0.4, 0.5) is 5.82 Å². The van der Waals surface area contributed by atoms with Gasteiger partial charge in [-0.25, -0.2) is 4.98 Å². The van der Waals surface area contributed by atoms with Gasteiger partial charge in [-0.15, -0.1) is 0 Å². The molecular weight excluding hydrogens is 218 g/mol. The van der Waals surface area contributed by atoms with E-state index in [1.54, 1.807) is 6.20 Å². The van der Waals surface area contributed by atoms with E-state index in [0.717, 1.165) is 30.0 Å². The van der Waals surface area contributed by atoms with Crippen LogP contribution in [0.2, 0.25) is 0 Å². The maximum Gasteiger partial charge on any atom is 0.306 e. The van der Waals surface area contributed by atoms with E-state index < -0.39 is 5.97 Å². The molecule has 0 bridgehead atoms. The van der Waals surface area contributed by atoms with Gasteiger partial charge in [0.15, 0.2) is 0 Å². The van der Waals surface area contributed by atoms with Crippen molar-refractivity contribution in [2.24, 2.45) is 5.92 Å². The predicted octanol–water partition coefficient (Wildman–Crippen LogP) is 1.76. The second-order valence-electron chi connectivity index (χ2n) is 4.62. The van der Waals surface area contributed by atoms with Crippen molar-refractivity contribution in [3.05, 3.63) is 17.6 Å². The van der Waals surface area contributed by atoms with E-state index in [-0.39, 0.29) is 12.0 Å². The normalized spacial score (nSPS) is 23.6. The molecule has 1 aliphatic carbocycles. The summed E-state index contributed by atoms with van der Waals surface area (Å²) in [6.45, 7) is 3.84. The summed E-state index contributed by atoms with van der Waals surface area (Å²) in [7, 11) is 0. The molecule has 0 spiro atoms. The number of nitrogens with one attached hydrogen (secondary N) is 1. The monoisotopic (exact) mass is 235 g/mol. The Morgan fingerprint density at radius 1 is 1.41 bits per heavy atom. The Morgan fingerprint density at radius 2 is 2.18 bits per heavy atom. The van der Waals surface area contributed by atoms with Crippen molar-refractivity contribution in [2.75, 3.05) is 5.32 Å². The summed E-state index contributed by atoms with van der Waals surface area (Å²) in [5.74, 6) is -0.170. The Labute approximate surface area is 100 Å². The van der Waals surface area contributed by atoms with Crippen molar-refractivity contribution in [2.45, 2.75) is 39.2 Å². The summed E-state index contributed by atoms with van der Waals surface area (Å²) < 4.78 is 0. The highest BCUT2D eigenvalue weighted by Gasteiger charge is 2.29. The van der Waals surface area contributed by atoms with Gasteiger partial charge in [0, 0.05) is 6.04 Å². The van der Waals surface area contributed by atoms with Crippen LogP contribution in [0, 0.1) is 19.8 Å². The fourth-order valence-corrected chi connectivity index (χ4v) is 2.16. The number of nitrogens with zero attached hydrogens (tertiary/aromatic N) is 2. The lowest BCUT2D eigenvalue weighted by molar-refractivity contribution is -0.141. The van der Waals surface area contributed by atoms with Crippen molar-refractivity contribution >= 4 is 11.8 Å². The molecule has 0 aliphatic heterocycles. The lowest BCUT2D eigenvalue weighted by Gasteiger charge is -2.13. The van der Waals surface area contributed by atoms with Crippen LogP contribution in [-0.4, -0.2) is 27.1 Å². The summed E-state index contributed by atoms with van der Waals surface area (Å²) in [6.07, 6.45) is 4.00. The van der Waals surface area contributed by atoms with Gasteiger partial charge in [-0.2, -0.15) is 0 Å². The highest BCUT2D eigenvalue weighted by atomic mass is 16.4. The van der Waals surface area contributed by atoms with Gasteiger partial charge in [0.05, 0.1) is 23.5 Å². The zero-order chi connectivity index (χ0) is 12.4. The van der Waals surface area contributed by atoms with Gasteiger partial charge in [0.25, 0.3) is 0 Å². The molecule has 1 heterocycles. The van der Waals surface area contributed by atoms with E-state index in [0.29, 0.717) is 6.42 Å². The van der Waals surface area contributed by atoms with E-state index in [1.807, 2.05) is 13.8 Å². The van der Waals surface area contributed by atoms with E-state index in [9.17, 15) is 4.79 Å². The molecule has 1 saturated carbocycles. The number of aromatic nitrogens is 2. The third-order valence-corrected chi connectivity index (χ3v) is 3.33. The van der Waals surface area contributed by atoms with Crippen LogP contribution < -0.4 is 5.32 Å². The molecule has 2 unspecified atom stereocenters. The molecule has 0 saturated heterocycles. The fraction of sp³-hybridized carbons (Fsp3) is 0.583. The molecule has 1 fully saturated rings. The van der Waals surface area contributed by atoms with E-state index in [4.69, 9.17) is 5.11 Å². The average molecular weight is 235 g/mol. The van der Waals surface area contributed by atoms with Gasteiger partial charge in [-0.1, -0.05) is 0 Å². The van der Waals surface area contributed by atoms with Crippen molar-refractivity contribution in [1.29, 1.82) is 0 Å². The molecule has 0 radical (unpaired) electrons. The van der Waals surface area contributed by atoms with Gasteiger partial charge >= 0.3 is 5.97 Å². The first-order chi connectivity index (χ1) is 8.06. The van der Waals surface area contributed by atoms with Crippen LogP contribution in [0.3, 0.4) is 0 Å². The molecule has 17 heavy (non-hydrogen) atoms. The molecule has 0 amide bonds. The smallest absolute Gasteiger partial charge is 0.306 e. The minimum atomic E-state index is -0.694. The number of hydrogen-bond acceptors (Lipinski definition) is 4. The number of anilines is 1. The molecule has 92 valence electrons. The van der Waals surface area contributed by atoms with Crippen molar-refractivity contribution in [3.8, 4) is 0 Å². The number of carboxylic acid groups (broad SMARTS) is 1. The third kappa shape index (κ3) is 2.72. The van der Waals surface area contributed by atoms with Crippen molar-refractivity contribution < 1.29 is 9.90 Å². The highest BCUT2D eigenvalue weighted by Crippen LogP contribution is 2.27. The molecule has 2 atom stereocenters. The standard InChI is InChI=1S/C12H17N3O2/c1-7-8(2)14-11(6-13-7)15-10-4-3-9(5-10)12(16)17/h6,9-10H,3-5H2,1-2H3,(H,14,15)(H,16,17). The lowest BCUT2D eigenvalue weighted by Crippen LogP contribution is -2.19. The topological polar surface area (TPSA) is 75.1 Å². The summed E-state index contributed by atoms with van der Waals surface area (Å²) in [5, 5.41) is 12.2. The first-order valence-corrected chi connectivity index (χ1v) is 5.86. The van der Waals surface area contributed by atoms with Gasteiger partial charge in [0.1, 0.15) is 5.82 Å². The van der Waals surface area contributed by atoms with Crippen LogP contribution in [0.5, 0.6) is 0 Å². The minimum Gasteiger partial charge on any atom is -0.481 e. The average Bonchev–Trinajstić information content (AvgIpc) is 2.72. The first kappa shape index (κ1) is 11.8. The summed E-state index contributed by atoms with van der Waals surface area (Å²) in [6, 6.07) is 0.201. The number of rotatable bonds is 3. The van der Waals surface area contributed by atoms with Gasteiger partial charge < -0.3 is 10.4 Å². The van der Waals surface area contributed by atoms with Crippen LogP contribution in [0.1, 0.15) is 30.7 Å². The molecular formula is C12H17N3O2. The molecule has 2 N–H and O–H groups in total. The molecule has 5 heteroatoms. The van der Waals surface area contributed by atoms with Crippen LogP contribution in [0.15, 0.2) is 6.20 Å². The summed E-state index contributed by atoms with van der Waals surface area (Å²) in [4.78, 5) is 19.5. The largest absolute Gasteiger partial charge is 0.481 e. The van der Waals surface area contributed by atoms with Crippen LogP contribution in [-0.2, 0) is 4.79 Å². The second kappa shape index (κ2) is 4.69. The van der Waals surface area contributed by atoms with Crippen molar-refractivity contribution in [3.63, 3.8) is 0 Å². The molecule has 2 rings (SSSR count). The van der Waals surface area contributed by atoms with Crippen LogP contribution in [0.25, 0.3) is 0 Å². The second-order valence-corrected chi connectivity index (χ2v) is 4.62. The van der Waals surface area contributed by atoms with E-state index in [1.165, 1.54) is 0 Å². The fourth-order valence-electron chi connectivity index (χ4n) is 2.16. The van der Waals surface area contributed by atoms with Crippen LogP contribution >= 0.6 is 0 Å². The Hall–Kier alpha value is -1.65. The number of hydrogen-bond donors (Lipinski definition) is 2. The number of aliphatic carboxylic acids is 1. The molecule has 1 aromatic rings. The molecule has 0 aromatic carbocycles. The summed E-state index contributed by atoms with van der Waals surface area (Å²) in [5.41, 5.74) is 1.83. The first-order valence-electron chi connectivity index (χ1n) is 5.86. The highest BCUT2D eigenvalue weighted by molar-refractivity contribution is 5.70. The zero-order valence-corrected chi connectivity index (χ0v) is 10.1. The Morgan fingerprint density at radius 3 is 2.76 bits per heavy atom. The Bertz CT molecular complexity index is 434. The quantitative estimate of drug-likeness (QED) is 0.835. The molecule has 1 aliphatic rings. The van der Waals surface area contributed by atoms with E-state index >= 15 is 0 Å². The number of aryl methyl sites for hydroxylation is 2. The Kier molecular flexibility index (Phi) is 3.26. The number of carboxylic acids is 1. The molecule has 1 aromatic heterocycles.